The quantitative estimate of drug-likeness (QED) is 0.588. The Hall–Kier alpha value is -3.19. The van der Waals surface area contributed by atoms with E-state index in [9.17, 15) is 4.79 Å². The minimum absolute atomic E-state index is 0.260. The van der Waals surface area contributed by atoms with Crippen LogP contribution in [0.3, 0.4) is 0 Å². The smallest absolute Gasteiger partial charge is 0.264 e. The number of carbonyl (C=O) groups excluding carboxylic acids is 1. The van der Waals surface area contributed by atoms with Crippen molar-refractivity contribution in [2.45, 2.75) is 13.5 Å². The predicted octanol–water partition coefficient (Wildman–Crippen LogP) is 3.44. The van der Waals surface area contributed by atoms with Gasteiger partial charge in [0.1, 0.15) is 11.6 Å². The molecule has 130 valence electrons. The molecule has 6 nitrogen and oxygen atoms in total. The second-order valence-corrected chi connectivity index (χ2v) is 6.78. The van der Waals surface area contributed by atoms with E-state index in [1.165, 1.54) is 11.3 Å². The van der Waals surface area contributed by atoms with Gasteiger partial charge in [0, 0.05) is 6.20 Å². The largest absolute Gasteiger partial charge is 0.472 e. The van der Waals surface area contributed by atoms with Crippen molar-refractivity contribution < 1.29 is 9.53 Å². The number of fused-ring (bicyclic) bond motifs is 1. The molecule has 1 aromatic carbocycles. The second kappa shape index (κ2) is 6.61. The molecular formula is C19H16N4O2S. The van der Waals surface area contributed by atoms with Crippen LogP contribution in [-0.4, -0.2) is 20.5 Å². The SMILES string of the molecule is Cc1nn2ccccc2c1-c1nc(OCc2ccccc2)c(C(N)=O)s1. The number of rotatable bonds is 5. The topological polar surface area (TPSA) is 82.5 Å². The molecule has 4 aromatic rings. The molecule has 0 unspecified atom stereocenters. The van der Waals surface area contributed by atoms with Gasteiger partial charge in [-0.05, 0) is 24.6 Å². The highest BCUT2D eigenvalue weighted by molar-refractivity contribution is 7.17. The van der Waals surface area contributed by atoms with Crippen molar-refractivity contribution in [3.63, 3.8) is 0 Å². The predicted molar refractivity (Wildman–Crippen MR) is 100 cm³/mol. The first kappa shape index (κ1) is 16.3. The molecule has 0 aliphatic heterocycles. The molecule has 4 rings (SSSR count). The van der Waals surface area contributed by atoms with E-state index in [4.69, 9.17) is 10.5 Å². The summed E-state index contributed by atoms with van der Waals surface area (Å²) in [4.78, 5) is 16.7. The first-order valence-corrected chi connectivity index (χ1v) is 8.87. The van der Waals surface area contributed by atoms with E-state index >= 15 is 0 Å². The fraction of sp³-hybridized carbons (Fsp3) is 0.105. The number of aromatic nitrogens is 3. The molecule has 0 bridgehead atoms. The average Bonchev–Trinajstić information content (AvgIpc) is 3.20. The zero-order valence-electron chi connectivity index (χ0n) is 14.0. The summed E-state index contributed by atoms with van der Waals surface area (Å²) in [7, 11) is 0. The Balaban J connectivity index is 1.74. The fourth-order valence-corrected chi connectivity index (χ4v) is 3.74. The lowest BCUT2D eigenvalue weighted by Crippen LogP contribution is -2.11. The number of carbonyl (C=O) groups is 1. The van der Waals surface area contributed by atoms with Crippen LogP contribution in [0.15, 0.2) is 54.7 Å². The van der Waals surface area contributed by atoms with Gasteiger partial charge in [0.2, 0.25) is 5.88 Å². The van der Waals surface area contributed by atoms with Crippen LogP contribution in [0.4, 0.5) is 0 Å². The molecule has 1 amide bonds. The van der Waals surface area contributed by atoms with E-state index in [2.05, 4.69) is 10.1 Å². The summed E-state index contributed by atoms with van der Waals surface area (Å²) in [5.74, 6) is -0.290. The number of nitrogens with two attached hydrogens (primary N) is 1. The highest BCUT2D eigenvalue weighted by Gasteiger charge is 2.22. The van der Waals surface area contributed by atoms with Crippen molar-refractivity contribution in [2.75, 3.05) is 0 Å². The summed E-state index contributed by atoms with van der Waals surface area (Å²) < 4.78 is 7.58. The van der Waals surface area contributed by atoms with Crippen LogP contribution in [0.25, 0.3) is 16.1 Å². The van der Waals surface area contributed by atoms with E-state index in [0.29, 0.717) is 16.5 Å². The number of hydrogen-bond acceptors (Lipinski definition) is 5. The molecule has 0 aliphatic carbocycles. The van der Waals surface area contributed by atoms with Crippen LogP contribution in [0.2, 0.25) is 0 Å². The molecule has 0 spiro atoms. The summed E-state index contributed by atoms with van der Waals surface area (Å²) in [6.07, 6.45) is 1.88. The summed E-state index contributed by atoms with van der Waals surface area (Å²) in [6.45, 7) is 2.23. The van der Waals surface area contributed by atoms with Crippen LogP contribution in [0.1, 0.15) is 20.9 Å². The molecule has 2 N–H and O–H groups in total. The first-order valence-electron chi connectivity index (χ1n) is 8.05. The van der Waals surface area contributed by atoms with Gasteiger partial charge in [-0.2, -0.15) is 5.10 Å². The Morgan fingerprint density at radius 2 is 1.96 bits per heavy atom. The molecule has 3 aromatic heterocycles. The highest BCUT2D eigenvalue weighted by Crippen LogP contribution is 2.36. The number of primary amides is 1. The summed E-state index contributed by atoms with van der Waals surface area (Å²) in [5, 5.41) is 5.16. The van der Waals surface area contributed by atoms with Gasteiger partial charge >= 0.3 is 0 Å². The van der Waals surface area contributed by atoms with E-state index in [1.807, 2.05) is 61.7 Å². The number of nitrogens with zero attached hydrogens (tertiary/aromatic N) is 3. The first-order chi connectivity index (χ1) is 12.6. The zero-order chi connectivity index (χ0) is 18.1. The molecular weight excluding hydrogens is 348 g/mol. The maximum absolute atomic E-state index is 11.9. The molecule has 3 heterocycles. The van der Waals surface area contributed by atoms with Gasteiger partial charge in [0.25, 0.3) is 5.91 Å². The zero-order valence-corrected chi connectivity index (χ0v) is 14.9. The van der Waals surface area contributed by atoms with Crippen molar-refractivity contribution >= 4 is 22.8 Å². The molecule has 0 atom stereocenters. The van der Waals surface area contributed by atoms with Crippen molar-refractivity contribution in [3.8, 4) is 16.5 Å². The maximum Gasteiger partial charge on any atom is 0.264 e. The van der Waals surface area contributed by atoms with Crippen LogP contribution in [0, 0.1) is 6.92 Å². The minimum atomic E-state index is -0.550. The lowest BCUT2D eigenvalue weighted by atomic mass is 10.2. The Labute approximate surface area is 153 Å². The third kappa shape index (κ3) is 2.93. The number of ether oxygens (including phenoxy) is 1. The number of thiazole rings is 1. The van der Waals surface area contributed by atoms with Gasteiger partial charge in [0.15, 0.2) is 4.88 Å². The number of pyridine rings is 1. The van der Waals surface area contributed by atoms with Gasteiger partial charge in [-0.25, -0.2) is 9.50 Å². The summed E-state index contributed by atoms with van der Waals surface area (Å²) in [6, 6.07) is 15.5. The maximum atomic E-state index is 11.9. The Morgan fingerprint density at radius 1 is 1.19 bits per heavy atom. The molecule has 0 saturated carbocycles. The van der Waals surface area contributed by atoms with Crippen LogP contribution >= 0.6 is 11.3 Å². The fourth-order valence-electron chi connectivity index (χ4n) is 2.77. The molecule has 0 fully saturated rings. The molecule has 0 aliphatic rings. The van der Waals surface area contributed by atoms with E-state index in [-0.39, 0.29) is 5.88 Å². The lowest BCUT2D eigenvalue weighted by Gasteiger charge is -2.04. The highest BCUT2D eigenvalue weighted by atomic mass is 32.1. The Kier molecular flexibility index (Phi) is 4.14. The van der Waals surface area contributed by atoms with Gasteiger partial charge in [-0.15, -0.1) is 11.3 Å². The molecule has 0 saturated heterocycles. The van der Waals surface area contributed by atoms with Crippen molar-refractivity contribution in [2.24, 2.45) is 5.73 Å². The van der Waals surface area contributed by atoms with Gasteiger partial charge in [-0.3, -0.25) is 4.79 Å². The van der Waals surface area contributed by atoms with Gasteiger partial charge in [0.05, 0.1) is 16.8 Å². The molecule has 0 radical (unpaired) electrons. The van der Waals surface area contributed by atoms with Crippen molar-refractivity contribution in [3.05, 3.63) is 70.9 Å². The third-order valence-electron chi connectivity index (χ3n) is 3.97. The van der Waals surface area contributed by atoms with Crippen molar-refractivity contribution in [1.82, 2.24) is 14.6 Å². The minimum Gasteiger partial charge on any atom is -0.472 e. The second-order valence-electron chi connectivity index (χ2n) is 5.78. The number of benzene rings is 1. The summed E-state index contributed by atoms with van der Waals surface area (Å²) >= 11 is 1.23. The molecule has 7 heteroatoms. The van der Waals surface area contributed by atoms with E-state index in [0.717, 1.165) is 22.3 Å². The van der Waals surface area contributed by atoms with Crippen LogP contribution in [0.5, 0.6) is 5.88 Å². The van der Waals surface area contributed by atoms with Crippen molar-refractivity contribution in [1.29, 1.82) is 0 Å². The van der Waals surface area contributed by atoms with E-state index < -0.39 is 5.91 Å². The normalized spacial score (nSPS) is 11.0. The van der Waals surface area contributed by atoms with E-state index in [1.54, 1.807) is 4.52 Å². The number of aryl methyl sites for hydroxylation is 1. The summed E-state index contributed by atoms with van der Waals surface area (Å²) in [5.41, 5.74) is 9.15. The standard InChI is InChI=1S/C19H16N4O2S/c1-12-15(14-9-5-6-10-23(14)22-12)19-21-18(16(26-19)17(20)24)25-11-13-7-3-2-4-8-13/h2-10H,11H2,1H3,(H2,20,24). The van der Waals surface area contributed by atoms with Gasteiger partial charge < -0.3 is 10.5 Å². The van der Waals surface area contributed by atoms with Gasteiger partial charge in [-0.1, -0.05) is 36.4 Å². The van der Waals surface area contributed by atoms with Crippen LogP contribution < -0.4 is 10.5 Å². The monoisotopic (exact) mass is 364 g/mol. The Bertz CT molecular complexity index is 1090. The Morgan fingerprint density at radius 3 is 2.73 bits per heavy atom. The number of amides is 1. The molecule has 26 heavy (non-hydrogen) atoms. The average molecular weight is 364 g/mol. The lowest BCUT2D eigenvalue weighted by molar-refractivity contribution is 0.0999. The third-order valence-corrected chi connectivity index (χ3v) is 5.04. The van der Waals surface area contributed by atoms with Crippen LogP contribution in [-0.2, 0) is 6.61 Å². The number of hydrogen-bond donors (Lipinski definition) is 1.